The number of rotatable bonds is 6. The summed E-state index contributed by atoms with van der Waals surface area (Å²) in [7, 11) is 3.42. The van der Waals surface area contributed by atoms with E-state index in [-0.39, 0.29) is 18.2 Å². The Morgan fingerprint density at radius 2 is 2.04 bits per heavy atom. The number of benzene rings is 1. The lowest BCUT2D eigenvalue weighted by molar-refractivity contribution is 0.0894. The number of nitrogens with one attached hydrogen (secondary N) is 1. The third-order valence-electron chi connectivity index (χ3n) is 4.86. The molecular formula is C19H28N2O4. The molecule has 1 N–H and O–H groups in total. The number of likely N-dealkylation sites (N-methyl/N-ethyl adjacent to an activating group) is 1. The van der Waals surface area contributed by atoms with Gasteiger partial charge in [-0.3, -0.25) is 0 Å². The number of hydrogen-bond donors (Lipinski definition) is 1. The largest absolute Gasteiger partial charge is 0.493 e. The highest BCUT2D eigenvalue weighted by molar-refractivity contribution is 5.89. The standard InChI is InChI=1S/C19H28N2O4/c1-21(13-16-8-5-11-24-16)19(22)20-14-9-10-17(23-2)18(12-14)25-15-6-3-4-7-15/h9-10,12,15-16H,3-8,11,13H2,1-2H3,(H,20,22)/t16-/m0/s1. The first-order valence-electron chi connectivity index (χ1n) is 9.14. The molecule has 2 fully saturated rings. The SMILES string of the molecule is COc1ccc(NC(=O)N(C)C[C@@H]2CCCO2)cc1OC1CCCC1. The lowest BCUT2D eigenvalue weighted by Crippen LogP contribution is -2.37. The molecular weight excluding hydrogens is 320 g/mol. The number of ether oxygens (including phenoxy) is 3. The molecule has 1 heterocycles. The predicted molar refractivity (Wildman–Crippen MR) is 96.5 cm³/mol. The number of methoxy groups -OCH3 is 1. The van der Waals surface area contributed by atoms with Crippen molar-refractivity contribution >= 4 is 11.7 Å². The summed E-state index contributed by atoms with van der Waals surface area (Å²) in [5.41, 5.74) is 0.706. The number of anilines is 1. The smallest absolute Gasteiger partial charge is 0.321 e. The Labute approximate surface area is 149 Å². The number of amides is 2. The molecule has 1 aliphatic carbocycles. The van der Waals surface area contributed by atoms with Crippen molar-refractivity contribution in [3.05, 3.63) is 18.2 Å². The van der Waals surface area contributed by atoms with Crippen molar-refractivity contribution in [1.29, 1.82) is 0 Å². The lowest BCUT2D eigenvalue weighted by atomic mass is 10.2. The third kappa shape index (κ3) is 4.78. The Balaban J connectivity index is 1.61. The molecule has 1 aromatic carbocycles. The van der Waals surface area contributed by atoms with Gasteiger partial charge in [-0.25, -0.2) is 4.79 Å². The van der Waals surface area contributed by atoms with Gasteiger partial charge in [-0.15, -0.1) is 0 Å². The minimum Gasteiger partial charge on any atom is -0.493 e. The second-order valence-electron chi connectivity index (χ2n) is 6.84. The fourth-order valence-electron chi connectivity index (χ4n) is 3.43. The van der Waals surface area contributed by atoms with Crippen molar-refractivity contribution in [1.82, 2.24) is 4.90 Å². The van der Waals surface area contributed by atoms with E-state index in [0.29, 0.717) is 23.7 Å². The molecule has 1 aromatic rings. The Morgan fingerprint density at radius 1 is 1.24 bits per heavy atom. The quantitative estimate of drug-likeness (QED) is 0.852. The fraction of sp³-hybridized carbons (Fsp3) is 0.632. The molecule has 25 heavy (non-hydrogen) atoms. The summed E-state index contributed by atoms with van der Waals surface area (Å²) >= 11 is 0. The second-order valence-corrected chi connectivity index (χ2v) is 6.84. The van der Waals surface area contributed by atoms with Crippen LogP contribution in [0.5, 0.6) is 11.5 Å². The highest BCUT2D eigenvalue weighted by Crippen LogP contribution is 2.34. The molecule has 1 atom stereocenters. The molecule has 6 nitrogen and oxygen atoms in total. The number of hydrogen-bond acceptors (Lipinski definition) is 4. The molecule has 1 saturated heterocycles. The van der Waals surface area contributed by atoms with Gasteiger partial charge in [0.05, 0.1) is 19.3 Å². The van der Waals surface area contributed by atoms with Gasteiger partial charge in [0.25, 0.3) is 0 Å². The Morgan fingerprint density at radius 3 is 2.72 bits per heavy atom. The van der Waals surface area contributed by atoms with E-state index in [0.717, 1.165) is 32.3 Å². The van der Waals surface area contributed by atoms with Gasteiger partial charge < -0.3 is 24.4 Å². The first kappa shape index (κ1) is 17.9. The van der Waals surface area contributed by atoms with Gasteiger partial charge in [0, 0.05) is 32.0 Å². The predicted octanol–water partition coefficient (Wildman–Crippen LogP) is 3.66. The van der Waals surface area contributed by atoms with E-state index >= 15 is 0 Å². The minimum absolute atomic E-state index is 0.146. The second kappa shape index (κ2) is 8.43. The molecule has 1 saturated carbocycles. The van der Waals surface area contributed by atoms with Crippen LogP contribution in [0.2, 0.25) is 0 Å². The molecule has 0 aromatic heterocycles. The van der Waals surface area contributed by atoms with Crippen LogP contribution in [0.3, 0.4) is 0 Å². The van der Waals surface area contributed by atoms with E-state index in [4.69, 9.17) is 14.2 Å². The molecule has 6 heteroatoms. The summed E-state index contributed by atoms with van der Waals surface area (Å²) < 4.78 is 17.1. The molecule has 0 bridgehead atoms. The van der Waals surface area contributed by atoms with Gasteiger partial charge in [-0.1, -0.05) is 0 Å². The van der Waals surface area contributed by atoms with Gasteiger partial charge in [0.2, 0.25) is 0 Å². The highest BCUT2D eigenvalue weighted by atomic mass is 16.5. The van der Waals surface area contributed by atoms with Crippen LogP contribution in [0.1, 0.15) is 38.5 Å². The van der Waals surface area contributed by atoms with E-state index in [9.17, 15) is 4.79 Å². The maximum absolute atomic E-state index is 12.4. The zero-order valence-corrected chi connectivity index (χ0v) is 15.1. The van der Waals surface area contributed by atoms with Gasteiger partial charge in [0.1, 0.15) is 0 Å². The Hall–Kier alpha value is -1.95. The molecule has 1 aliphatic heterocycles. The van der Waals surface area contributed by atoms with E-state index in [1.165, 1.54) is 12.8 Å². The van der Waals surface area contributed by atoms with Gasteiger partial charge >= 0.3 is 6.03 Å². The van der Waals surface area contributed by atoms with E-state index < -0.39 is 0 Å². The number of carbonyl (C=O) groups excluding carboxylic acids is 1. The van der Waals surface area contributed by atoms with Crippen LogP contribution in [0.15, 0.2) is 18.2 Å². The zero-order chi connectivity index (χ0) is 17.6. The molecule has 2 amide bonds. The van der Waals surface area contributed by atoms with Crippen molar-refractivity contribution in [3.8, 4) is 11.5 Å². The van der Waals surface area contributed by atoms with Gasteiger partial charge in [0.15, 0.2) is 11.5 Å². The molecule has 138 valence electrons. The summed E-state index contributed by atoms with van der Waals surface area (Å²) in [5.74, 6) is 1.38. The van der Waals surface area contributed by atoms with Crippen LogP contribution in [-0.2, 0) is 4.74 Å². The van der Waals surface area contributed by atoms with Crippen LogP contribution in [-0.4, -0.2) is 50.4 Å². The molecule has 3 rings (SSSR count). The maximum Gasteiger partial charge on any atom is 0.321 e. The average Bonchev–Trinajstić information content (AvgIpc) is 3.29. The number of nitrogens with zero attached hydrogens (tertiary/aromatic N) is 1. The van der Waals surface area contributed by atoms with E-state index in [1.807, 2.05) is 18.2 Å². The molecule has 0 spiro atoms. The normalized spacial score (nSPS) is 20.5. The summed E-state index contributed by atoms with van der Waals surface area (Å²) in [5, 5.41) is 2.93. The lowest BCUT2D eigenvalue weighted by Gasteiger charge is -2.22. The average molecular weight is 348 g/mol. The molecule has 2 aliphatic rings. The Bertz CT molecular complexity index is 581. The van der Waals surface area contributed by atoms with Crippen molar-refractivity contribution in [2.24, 2.45) is 0 Å². The minimum atomic E-state index is -0.146. The summed E-state index contributed by atoms with van der Waals surface area (Å²) in [6, 6.07) is 5.36. The highest BCUT2D eigenvalue weighted by Gasteiger charge is 2.21. The fourth-order valence-corrected chi connectivity index (χ4v) is 3.43. The third-order valence-corrected chi connectivity index (χ3v) is 4.86. The van der Waals surface area contributed by atoms with Crippen LogP contribution >= 0.6 is 0 Å². The van der Waals surface area contributed by atoms with Crippen LogP contribution in [0.4, 0.5) is 10.5 Å². The number of urea groups is 1. The monoisotopic (exact) mass is 348 g/mol. The summed E-state index contributed by atoms with van der Waals surface area (Å²) in [6.45, 7) is 1.40. The van der Waals surface area contributed by atoms with E-state index in [1.54, 1.807) is 19.1 Å². The van der Waals surface area contributed by atoms with Crippen molar-refractivity contribution in [2.75, 3.05) is 32.6 Å². The summed E-state index contributed by atoms with van der Waals surface area (Å²) in [6.07, 6.45) is 7.03. The topological polar surface area (TPSA) is 60.0 Å². The van der Waals surface area contributed by atoms with Crippen molar-refractivity contribution in [2.45, 2.75) is 50.7 Å². The maximum atomic E-state index is 12.4. The van der Waals surface area contributed by atoms with Crippen LogP contribution < -0.4 is 14.8 Å². The van der Waals surface area contributed by atoms with Gasteiger partial charge in [-0.2, -0.15) is 0 Å². The van der Waals surface area contributed by atoms with Crippen LogP contribution in [0, 0.1) is 0 Å². The molecule has 0 unspecified atom stereocenters. The first-order chi connectivity index (χ1) is 12.2. The summed E-state index contributed by atoms with van der Waals surface area (Å²) in [4.78, 5) is 14.1. The van der Waals surface area contributed by atoms with E-state index in [2.05, 4.69) is 5.32 Å². The number of carbonyl (C=O) groups is 1. The van der Waals surface area contributed by atoms with Crippen molar-refractivity contribution < 1.29 is 19.0 Å². The Kier molecular flexibility index (Phi) is 6.02. The van der Waals surface area contributed by atoms with Gasteiger partial charge in [-0.05, 0) is 50.7 Å². The van der Waals surface area contributed by atoms with Crippen molar-refractivity contribution in [3.63, 3.8) is 0 Å². The van der Waals surface area contributed by atoms with Crippen LogP contribution in [0.25, 0.3) is 0 Å². The zero-order valence-electron chi connectivity index (χ0n) is 15.1. The first-order valence-corrected chi connectivity index (χ1v) is 9.14. The molecule has 0 radical (unpaired) electrons.